The molecule has 1 aromatic heterocycles. The first-order valence-corrected chi connectivity index (χ1v) is 8.07. The number of hydrogen-bond acceptors (Lipinski definition) is 4. The van der Waals surface area contributed by atoms with E-state index in [4.69, 9.17) is 4.74 Å². The maximum absolute atomic E-state index is 11.4. The molecule has 112 valence electrons. The lowest BCUT2D eigenvalue weighted by atomic mass is 10.0. The first-order chi connectivity index (χ1) is 10.0. The minimum Gasteiger partial charge on any atom is -0.466 e. The first-order valence-electron chi connectivity index (χ1n) is 7.19. The molecule has 1 aromatic carbocycles. The summed E-state index contributed by atoms with van der Waals surface area (Å²) in [6.07, 6.45) is 1.03. The van der Waals surface area contributed by atoms with Crippen LogP contribution in [0.4, 0.5) is 0 Å². The lowest BCUT2D eigenvalue weighted by Crippen LogP contribution is -2.05. The molecule has 0 atom stereocenters. The van der Waals surface area contributed by atoms with Crippen molar-refractivity contribution in [2.24, 2.45) is 0 Å². The zero-order valence-electron chi connectivity index (χ0n) is 13.0. The maximum Gasteiger partial charge on any atom is 0.306 e. The maximum atomic E-state index is 11.4. The molecule has 0 fully saturated rings. The first kappa shape index (κ1) is 15.7. The quantitative estimate of drug-likeness (QED) is 0.776. The number of hydrogen-bond donors (Lipinski definition) is 0. The van der Waals surface area contributed by atoms with Gasteiger partial charge in [-0.25, -0.2) is 4.98 Å². The Morgan fingerprint density at radius 1 is 1.24 bits per heavy atom. The van der Waals surface area contributed by atoms with Crippen molar-refractivity contribution in [1.82, 2.24) is 4.98 Å². The second-order valence-electron chi connectivity index (χ2n) is 5.22. The molecule has 1 heterocycles. The number of aromatic nitrogens is 1. The van der Waals surface area contributed by atoms with E-state index in [1.807, 2.05) is 12.3 Å². The van der Waals surface area contributed by atoms with Crippen LogP contribution >= 0.6 is 11.3 Å². The lowest BCUT2D eigenvalue weighted by Gasteiger charge is -2.08. The Balaban J connectivity index is 2.15. The zero-order chi connectivity index (χ0) is 15.4. The van der Waals surface area contributed by atoms with E-state index in [0.29, 0.717) is 19.4 Å². The average molecular weight is 303 g/mol. The van der Waals surface area contributed by atoms with Crippen molar-refractivity contribution in [2.45, 2.75) is 40.5 Å². The van der Waals surface area contributed by atoms with Crippen LogP contribution in [0.5, 0.6) is 0 Å². The smallest absolute Gasteiger partial charge is 0.306 e. The van der Waals surface area contributed by atoms with Gasteiger partial charge in [-0.15, -0.1) is 11.3 Å². The fourth-order valence-electron chi connectivity index (χ4n) is 2.52. The van der Waals surface area contributed by atoms with Gasteiger partial charge in [-0.2, -0.15) is 0 Å². The Labute approximate surface area is 130 Å². The Hall–Kier alpha value is -1.68. The van der Waals surface area contributed by atoms with Crippen molar-refractivity contribution in [3.63, 3.8) is 0 Å². The molecular weight excluding hydrogens is 282 g/mol. The molecule has 0 aliphatic carbocycles. The number of ether oxygens (including phenoxy) is 1. The monoisotopic (exact) mass is 303 g/mol. The van der Waals surface area contributed by atoms with Crippen LogP contribution in [-0.4, -0.2) is 17.6 Å². The predicted molar refractivity (Wildman–Crippen MR) is 86.7 cm³/mol. The van der Waals surface area contributed by atoms with Gasteiger partial charge in [-0.05, 0) is 38.8 Å². The highest BCUT2D eigenvalue weighted by molar-refractivity contribution is 7.13. The Morgan fingerprint density at radius 3 is 2.52 bits per heavy atom. The molecular formula is C17H21NO2S. The van der Waals surface area contributed by atoms with Crippen LogP contribution in [0, 0.1) is 20.8 Å². The van der Waals surface area contributed by atoms with Crippen LogP contribution in [0.15, 0.2) is 17.5 Å². The zero-order valence-corrected chi connectivity index (χ0v) is 13.8. The predicted octanol–water partition coefficient (Wildman–Crippen LogP) is 4.23. The van der Waals surface area contributed by atoms with Crippen LogP contribution in [0.25, 0.3) is 10.6 Å². The number of carbonyl (C=O) groups is 1. The van der Waals surface area contributed by atoms with E-state index in [9.17, 15) is 4.79 Å². The SMILES string of the molecule is CCOC(=O)CCc1csc(-c2c(C)cc(C)cc2C)n1. The second-order valence-corrected chi connectivity index (χ2v) is 6.08. The van der Waals surface area contributed by atoms with Crippen molar-refractivity contribution >= 4 is 17.3 Å². The molecule has 2 aromatic rings. The van der Waals surface area contributed by atoms with E-state index in [0.717, 1.165) is 10.7 Å². The third-order valence-electron chi connectivity index (χ3n) is 3.33. The molecule has 0 bridgehead atoms. The van der Waals surface area contributed by atoms with E-state index in [2.05, 4.69) is 37.9 Å². The van der Waals surface area contributed by atoms with Gasteiger partial charge in [0.15, 0.2) is 0 Å². The number of esters is 1. The summed E-state index contributed by atoms with van der Waals surface area (Å²) < 4.78 is 4.94. The van der Waals surface area contributed by atoms with E-state index in [1.54, 1.807) is 11.3 Å². The summed E-state index contributed by atoms with van der Waals surface area (Å²) in [7, 11) is 0. The van der Waals surface area contributed by atoms with Gasteiger partial charge in [0.05, 0.1) is 18.7 Å². The number of rotatable bonds is 5. The van der Waals surface area contributed by atoms with Gasteiger partial charge in [-0.3, -0.25) is 4.79 Å². The summed E-state index contributed by atoms with van der Waals surface area (Å²) in [5.74, 6) is -0.158. The van der Waals surface area contributed by atoms with Crippen molar-refractivity contribution in [2.75, 3.05) is 6.61 Å². The Bertz CT molecular complexity index is 623. The number of benzene rings is 1. The molecule has 0 amide bonds. The van der Waals surface area contributed by atoms with E-state index >= 15 is 0 Å². The van der Waals surface area contributed by atoms with Crippen LogP contribution in [-0.2, 0) is 16.0 Å². The average Bonchev–Trinajstić information content (AvgIpc) is 2.84. The van der Waals surface area contributed by atoms with Crippen molar-refractivity contribution in [3.05, 3.63) is 39.9 Å². The summed E-state index contributed by atoms with van der Waals surface area (Å²) in [6, 6.07) is 4.37. The van der Waals surface area contributed by atoms with Crippen LogP contribution in [0.1, 0.15) is 35.7 Å². The molecule has 0 unspecified atom stereocenters. The van der Waals surface area contributed by atoms with Gasteiger partial charge in [0.2, 0.25) is 0 Å². The fraction of sp³-hybridized carbons (Fsp3) is 0.412. The molecule has 0 N–H and O–H groups in total. The molecule has 0 spiro atoms. The third kappa shape index (κ3) is 3.91. The molecule has 21 heavy (non-hydrogen) atoms. The van der Waals surface area contributed by atoms with E-state index in [-0.39, 0.29) is 5.97 Å². The molecule has 0 radical (unpaired) electrons. The van der Waals surface area contributed by atoms with Crippen molar-refractivity contribution in [1.29, 1.82) is 0 Å². The Kier molecular flexibility index (Phi) is 5.12. The van der Waals surface area contributed by atoms with Crippen LogP contribution in [0.3, 0.4) is 0 Å². The van der Waals surface area contributed by atoms with Gasteiger partial charge >= 0.3 is 5.97 Å². The van der Waals surface area contributed by atoms with Gasteiger partial charge < -0.3 is 4.74 Å². The van der Waals surface area contributed by atoms with Gasteiger partial charge in [-0.1, -0.05) is 17.7 Å². The highest BCUT2D eigenvalue weighted by Gasteiger charge is 2.12. The lowest BCUT2D eigenvalue weighted by molar-refractivity contribution is -0.143. The highest BCUT2D eigenvalue weighted by atomic mass is 32.1. The molecule has 0 aliphatic rings. The second kappa shape index (κ2) is 6.85. The number of carbonyl (C=O) groups excluding carboxylic acids is 1. The van der Waals surface area contributed by atoms with E-state index in [1.165, 1.54) is 22.3 Å². The summed E-state index contributed by atoms with van der Waals surface area (Å²) in [5.41, 5.74) is 5.95. The number of thiazole rings is 1. The van der Waals surface area contributed by atoms with Crippen LogP contribution in [0.2, 0.25) is 0 Å². The molecule has 0 aliphatic heterocycles. The van der Waals surface area contributed by atoms with Crippen LogP contribution < -0.4 is 0 Å². The number of nitrogens with zero attached hydrogens (tertiary/aromatic N) is 1. The molecule has 0 saturated heterocycles. The summed E-state index contributed by atoms with van der Waals surface area (Å²) in [5, 5.41) is 3.07. The Morgan fingerprint density at radius 2 is 1.90 bits per heavy atom. The molecule has 4 heteroatoms. The summed E-state index contributed by atoms with van der Waals surface area (Å²) in [6.45, 7) is 8.60. The van der Waals surface area contributed by atoms with Gasteiger partial charge in [0, 0.05) is 17.4 Å². The van der Waals surface area contributed by atoms with E-state index < -0.39 is 0 Å². The molecule has 3 nitrogen and oxygen atoms in total. The minimum absolute atomic E-state index is 0.158. The summed E-state index contributed by atoms with van der Waals surface area (Å²) >= 11 is 1.64. The van der Waals surface area contributed by atoms with Crippen molar-refractivity contribution in [3.8, 4) is 10.6 Å². The molecule has 0 saturated carbocycles. The van der Waals surface area contributed by atoms with Crippen molar-refractivity contribution < 1.29 is 9.53 Å². The number of aryl methyl sites for hydroxylation is 4. The minimum atomic E-state index is -0.158. The molecule has 2 rings (SSSR count). The summed E-state index contributed by atoms with van der Waals surface area (Å²) in [4.78, 5) is 16.1. The third-order valence-corrected chi connectivity index (χ3v) is 4.24. The normalized spacial score (nSPS) is 10.7. The topological polar surface area (TPSA) is 39.2 Å². The highest BCUT2D eigenvalue weighted by Crippen LogP contribution is 2.31. The van der Waals surface area contributed by atoms with Gasteiger partial charge in [0.25, 0.3) is 0 Å². The largest absolute Gasteiger partial charge is 0.466 e. The fourth-order valence-corrected chi connectivity index (χ4v) is 3.55. The standard InChI is InChI=1S/C17H21NO2S/c1-5-20-15(19)7-6-14-10-21-17(18-14)16-12(3)8-11(2)9-13(16)4/h8-10H,5-7H2,1-4H3. The van der Waals surface area contributed by atoms with Gasteiger partial charge in [0.1, 0.15) is 5.01 Å².